The normalized spacial score (nSPS) is 16.6. The van der Waals surface area contributed by atoms with Crippen LogP contribution in [0.1, 0.15) is 5.56 Å². The fourth-order valence-corrected chi connectivity index (χ4v) is 2.51. The number of likely N-dealkylation sites (N-methyl/N-ethyl adjacent to an activating group) is 1. The number of ether oxygens (including phenoxy) is 1. The average Bonchev–Trinajstić information content (AvgIpc) is 2.49. The van der Waals surface area contributed by atoms with E-state index in [1.165, 1.54) is 11.3 Å². The van der Waals surface area contributed by atoms with Gasteiger partial charge in [0.25, 0.3) is 0 Å². The van der Waals surface area contributed by atoms with E-state index in [4.69, 9.17) is 4.74 Å². The summed E-state index contributed by atoms with van der Waals surface area (Å²) in [6, 6.07) is 8.38. The molecule has 0 saturated heterocycles. The summed E-state index contributed by atoms with van der Waals surface area (Å²) in [5.41, 5.74) is 3.61. The van der Waals surface area contributed by atoms with Crippen molar-refractivity contribution in [3.05, 3.63) is 47.7 Å². The highest BCUT2D eigenvalue weighted by atomic mass is 32.2. The number of aliphatic imine (C=N–C) groups is 1. The van der Waals surface area contributed by atoms with Gasteiger partial charge in [-0.2, -0.15) is 0 Å². The van der Waals surface area contributed by atoms with Crippen LogP contribution in [0.25, 0.3) is 6.08 Å². The Kier molecular flexibility index (Phi) is 5.44. The molecule has 0 N–H and O–H groups in total. The van der Waals surface area contributed by atoms with E-state index in [-0.39, 0.29) is 0 Å². The number of methoxy groups -OCH3 is 1. The van der Waals surface area contributed by atoms with Crippen LogP contribution in [0.2, 0.25) is 0 Å². The highest BCUT2D eigenvalue weighted by Crippen LogP contribution is 2.29. The molecule has 0 spiro atoms. The summed E-state index contributed by atoms with van der Waals surface area (Å²) in [6.07, 6.45) is 8.44. The molecule has 1 aliphatic rings. The molecule has 0 saturated carbocycles. The van der Waals surface area contributed by atoms with Crippen LogP contribution in [-0.4, -0.2) is 38.6 Å². The van der Waals surface area contributed by atoms with E-state index >= 15 is 0 Å². The molecule has 1 aromatic carbocycles. The number of nitrogens with zero attached hydrogens (tertiary/aromatic N) is 2. The Morgan fingerprint density at radius 1 is 1.35 bits per heavy atom. The molecule has 1 heterocycles. The molecule has 2 rings (SSSR count). The van der Waals surface area contributed by atoms with Crippen molar-refractivity contribution in [2.24, 2.45) is 4.99 Å². The first kappa shape index (κ1) is 14.9. The third kappa shape index (κ3) is 3.52. The standard InChI is InChI=1S/C16H20N2OS/c1-18-14(12-16(20-3)17-10-11-19-2)9-8-13-6-4-5-7-15(13)18/h4-9,12H,10-11H2,1-3H3. The van der Waals surface area contributed by atoms with Gasteiger partial charge in [0.05, 0.1) is 18.2 Å². The maximum atomic E-state index is 5.03. The van der Waals surface area contributed by atoms with Gasteiger partial charge in [-0.05, 0) is 30.0 Å². The summed E-state index contributed by atoms with van der Waals surface area (Å²) in [5.74, 6) is 0. The Morgan fingerprint density at radius 3 is 2.90 bits per heavy atom. The van der Waals surface area contributed by atoms with E-state index in [9.17, 15) is 0 Å². The molecule has 106 valence electrons. The van der Waals surface area contributed by atoms with Gasteiger partial charge in [-0.15, -0.1) is 11.8 Å². The molecule has 0 bridgehead atoms. The van der Waals surface area contributed by atoms with Crippen LogP contribution in [0.5, 0.6) is 0 Å². The fraction of sp³-hybridized carbons (Fsp3) is 0.312. The van der Waals surface area contributed by atoms with Crippen molar-refractivity contribution in [1.29, 1.82) is 0 Å². The number of hydrogen-bond acceptors (Lipinski definition) is 4. The molecular weight excluding hydrogens is 268 g/mol. The first-order valence-corrected chi connectivity index (χ1v) is 7.78. The van der Waals surface area contributed by atoms with E-state index in [1.807, 2.05) is 6.26 Å². The van der Waals surface area contributed by atoms with E-state index < -0.39 is 0 Å². The van der Waals surface area contributed by atoms with Crippen molar-refractivity contribution < 1.29 is 4.74 Å². The lowest BCUT2D eigenvalue weighted by atomic mass is 10.1. The van der Waals surface area contributed by atoms with Crippen molar-refractivity contribution in [1.82, 2.24) is 0 Å². The highest BCUT2D eigenvalue weighted by Gasteiger charge is 2.13. The second-order valence-electron chi connectivity index (χ2n) is 4.44. The fourth-order valence-electron chi connectivity index (χ4n) is 2.05. The maximum absolute atomic E-state index is 5.03. The van der Waals surface area contributed by atoms with Gasteiger partial charge in [-0.25, -0.2) is 0 Å². The Labute approximate surface area is 125 Å². The summed E-state index contributed by atoms with van der Waals surface area (Å²) in [5, 5.41) is 1.02. The molecule has 0 atom stereocenters. The van der Waals surface area contributed by atoms with Crippen LogP contribution in [0, 0.1) is 0 Å². The number of benzene rings is 1. The van der Waals surface area contributed by atoms with Crippen LogP contribution in [-0.2, 0) is 4.74 Å². The van der Waals surface area contributed by atoms with Gasteiger partial charge in [-0.3, -0.25) is 4.99 Å². The number of para-hydroxylation sites is 1. The van der Waals surface area contributed by atoms with Crippen molar-refractivity contribution in [2.75, 3.05) is 38.5 Å². The minimum absolute atomic E-state index is 0.655. The maximum Gasteiger partial charge on any atom is 0.0923 e. The van der Waals surface area contributed by atoms with Crippen molar-refractivity contribution in [2.45, 2.75) is 0 Å². The van der Waals surface area contributed by atoms with Gasteiger partial charge in [0.15, 0.2) is 0 Å². The molecule has 3 nitrogen and oxygen atoms in total. The van der Waals surface area contributed by atoms with Crippen molar-refractivity contribution in [3.8, 4) is 0 Å². The number of thioether (sulfide) groups is 1. The second-order valence-corrected chi connectivity index (χ2v) is 5.26. The number of anilines is 1. The molecule has 1 aromatic rings. The average molecular weight is 288 g/mol. The van der Waals surface area contributed by atoms with E-state index in [1.54, 1.807) is 18.9 Å². The summed E-state index contributed by atoms with van der Waals surface area (Å²) in [4.78, 5) is 6.73. The number of allylic oxidation sites excluding steroid dienone is 1. The zero-order valence-corrected chi connectivity index (χ0v) is 13.0. The first-order valence-electron chi connectivity index (χ1n) is 6.56. The van der Waals surface area contributed by atoms with E-state index in [0.717, 1.165) is 10.7 Å². The van der Waals surface area contributed by atoms with E-state index in [0.29, 0.717) is 13.2 Å². The second kappa shape index (κ2) is 7.31. The highest BCUT2D eigenvalue weighted by molar-refractivity contribution is 8.13. The summed E-state index contributed by atoms with van der Waals surface area (Å²) < 4.78 is 5.03. The molecule has 0 fully saturated rings. The minimum atomic E-state index is 0.655. The van der Waals surface area contributed by atoms with Gasteiger partial charge in [0.2, 0.25) is 0 Å². The van der Waals surface area contributed by atoms with Gasteiger partial charge in [-0.1, -0.05) is 24.3 Å². The zero-order chi connectivity index (χ0) is 14.4. The van der Waals surface area contributed by atoms with Gasteiger partial charge in [0.1, 0.15) is 0 Å². The third-order valence-electron chi connectivity index (χ3n) is 3.16. The smallest absolute Gasteiger partial charge is 0.0923 e. The summed E-state index contributed by atoms with van der Waals surface area (Å²) in [7, 11) is 3.78. The predicted molar refractivity (Wildman–Crippen MR) is 89.7 cm³/mol. The van der Waals surface area contributed by atoms with E-state index in [2.05, 4.69) is 59.4 Å². The summed E-state index contributed by atoms with van der Waals surface area (Å²) in [6.45, 7) is 1.35. The van der Waals surface area contributed by atoms with Crippen LogP contribution in [0.3, 0.4) is 0 Å². The lowest BCUT2D eigenvalue weighted by Gasteiger charge is -2.26. The number of hydrogen-bond donors (Lipinski definition) is 0. The Bertz CT molecular complexity index is 549. The largest absolute Gasteiger partial charge is 0.383 e. The lowest BCUT2D eigenvalue weighted by molar-refractivity contribution is 0.208. The molecule has 4 heteroatoms. The molecular formula is C16H20N2OS. The Balaban J connectivity index is 2.21. The molecule has 20 heavy (non-hydrogen) atoms. The van der Waals surface area contributed by atoms with Crippen molar-refractivity contribution >= 4 is 28.6 Å². The van der Waals surface area contributed by atoms with Gasteiger partial charge < -0.3 is 9.64 Å². The number of rotatable bonds is 4. The molecule has 0 unspecified atom stereocenters. The zero-order valence-electron chi connectivity index (χ0n) is 12.2. The number of fused-ring (bicyclic) bond motifs is 1. The van der Waals surface area contributed by atoms with Crippen LogP contribution >= 0.6 is 11.8 Å². The minimum Gasteiger partial charge on any atom is -0.383 e. The Morgan fingerprint density at radius 2 is 2.15 bits per heavy atom. The van der Waals surface area contributed by atoms with Gasteiger partial charge in [0, 0.05) is 25.5 Å². The first-order chi connectivity index (χ1) is 9.76. The summed E-state index contributed by atoms with van der Waals surface area (Å²) >= 11 is 1.65. The van der Waals surface area contributed by atoms with Gasteiger partial charge >= 0.3 is 0 Å². The lowest BCUT2D eigenvalue weighted by Crippen LogP contribution is -2.19. The molecule has 0 aliphatic carbocycles. The van der Waals surface area contributed by atoms with Crippen LogP contribution in [0.15, 0.2) is 47.1 Å². The monoisotopic (exact) mass is 288 g/mol. The molecule has 0 radical (unpaired) electrons. The van der Waals surface area contributed by atoms with Crippen LogP contribution in [0.4, 0.5) is 5.69 Å². The Hall–Kier alpha value is -1.52. The molecule has 0 aromatic heterocycles. The predicted octanol–water partition coefficient (Wildman–Crippen LogP) is 3.44. The topological polar surface area (TPSA) is 24.8 Å². The SMILES string of the molecule is COCCN=C(C=C1C=Cc2ccccc2N1C)SC. The quantitative estimate of drug-likeness (QED) is 0.482. The van der Waals surface area contributed by atoms with Crippen LogP contribution < -0.4 is 4.90 Å². The van der Waals surface area contributed by atoms with Crippen molar-refractivity contribution in [3.63, 3.8) is 0 Å². The molecule has 1 aliphatic heterocycles. The molecule has 0 amide bonds. The third-order valence-corrected chi connectivity index (χ3v) is 3.83.